The van der Waals surface area contributed by atoms with Crippen LogP contribution in [0.5, 0.6) is 0 Å². The molecule has 4 heteroatoms. The molecule has 2 fully saturated rings. The standard InChI is InChI=1S/C19H26N2O2/c22-18(20-11-10-15-8-4-3-5-9-15)16-14-17(16)19(23)21-12-6-1-2-7-13-21/h3-5,8-9,16-17H,1-2,6-7,10-14H2,(H,20,22). The SMILES string of the molecule is O=C(NCCc1ccccc1)C1CC1C(=O)N1CCCCCC1. The Morgan fingerprint density at radius 2 is 1.70 bits per heavy atom. The summed E-state index contributed by atoms with van der Waals surface area (Å²) in [5.74, 6) is 0.0931. The first kappa shape index (κ1) is 16.0. The molecule has 3 rings (SSSR count). The third kappa shape index (κ3) is 4.34. The van der Waals surface area contributed by atoms with Gasteiger partial charge in [0.05, 0.1) is 11.8 Å². The molecule has 0 radical (unpaired) electrons. The fourth-order valence-corrected chi connectivity index (χ4v) is 3.39. The van der Waals surface area contributed by atoms with Gasteiger partial charge in [0.15, 0.2) is 0 Å². The monoisotopic (exact) mass is 314 g/mol. The van der Waals surface area contributed by atoms with E-state index >= 15 is 0 Å². The van der Waals surface area contributed by atoms with Gasteiger partial charge in [0.2, 0.25) is 11.8 Å². The minimum Gasteiger partial charge on any atom is -0.356 e. The van der Waals surface area contributed by atoms with Crippen molar-refractivity contribution in [3.05, 3.63) is 35.9 Å². The minimum atomic E-state index is -0.0958. The fraction of sp³-hybridized carbons (Fsp3) is 0.579. The summed E-state index contributed by atoms with van der Waals surface area (Å²) in [6.45, 7) is 2.39. The van der Waals surface area contributed by atoms with E-state index in [4.69, 9.17) is 0 Å². The molecule has 0 spiro atoms. The number of rotatable bonds is 5. The van der Waals surface area contributed by atoms with Crippen molar-refractivity contribution in [2.75, 3.05) is 19.6 Å². The van der Waals surface area contributed by atoms with Crippen LogP contribution in [-0.2, 0) is 16.0 Å². The molecule has 0 aromatic heterocycles. The molecule has 2 amide bonds. The van der Waals surface area contributed by atoms with E-state index in [1.807, 2.05) is 23.1 Å². The van der Waals surface area contributed by atoms with Crippen molar-refractivity contribution in [2.24, 2.45) is 11.8 Å². The average Bonchev–Trinajstić information content (AvgIpc) is 3.39. The lowest BCUT2D eigenvalue weighted by Gasteiger charge is -2.20. The molecular formula is C19H26N2O2. The van der Waals surface area contributed by atoms with Gasteiger partial charge in [-0.1, -0.05) is 43.2 Å². The Balaban J connectivity index is 1.40. The third-order valence-corrected chi connectivity index (χ3v) is 4.92. The first-order valence-electron chi connectivity index (χ1n) is 8.86. The largest absolute Gasteiger partial charge is 0.356 e. The zero-order valence-electron chi connectivity index (χ0n) is 13.7. The number of carbonyl (C=O) groups is 2. The molecule has 124 valence electrons. The molecule has 2 atom stereocenters. The number of carbonyl (C=O) groups excluding carboxylic acids is 2. The second-order valence-electron chi connectivity index (χ2n) is 6.71. The van der Waals surface area contributed by atoms with Gasteiger partial charge in [0.25, 0.3) is 0 Å². The van der Waals surface area contributed by atoms with Gasteiger partial charge in [-0.25, -0.2) is 0 Å². The maximum Gasteiger partial charge on any atom is 0.226 e. The zero-order valence-corrected chi connectivity index (χ0v) is 13.7. The topological polar surface area (TPSA) is 49.4 Å². The van der Waals surface area contributed by atoms with E-state index in [2.05, 4.69) is 17.4 Å². The van der Waals surface area contributed by atoms with E-state index in [1.165, 1.54) is 18.4 Å². The van der Waals surface area contributed by atoms with Gasteiger partial charge in [-0.05, 0) is 31.2 Å². The normalized spacial score (nSPS) is 23.9. The summed E-state index contributed by atoms with van der Waals surface area (Å²) in [6.07, 6.45) is 6.21. The molecular weight excluding hydrogens is 288 g/mol. The smallest absolute Gasteiger partial charge is 0.226 e. The lowest BCUT2D eigenvalue weighted by atomic mass is 10.1. The van der Waals surface area contributed by atoms with Crippen molar-refractivity contribution < 1.29 is 9.59 Å². The highest BCUT2D eigenvalue weighted by molar-refractivity contribution is 5.92. The number of nitrogens with zero attached hydrogens (tertiary/aromatic N) is 1. The summed E-state index contributed by atoms with van der Waals surface area (Å²) in [6, 6.07) is 10.1. The van der Waals surface area contributed by atoms with E-state index in [0.29, 0.717) is 6.54 Å². The van der Waals surface area contributed by atoms with Crippen LogP contribution in [0.3, 0.4) is 0 Å². The van der Waals surface area contributed by atoms with E-state index in [9.17, 15) is 9.59 Å². The first-order chi connectivity index (χ1) is 11.3. The second kappa shape index (κ2) is 7.62. The van der Waals surface area contributed by atoms with Gasteiger partial charge in [-0.3, -0.25) is 9.59 Å². The predicted molar refractivity (Wildman–Crippen MR) is 89.8 cm³/mol. The molecule has 2 unspecified atom stereocenters. The van der Waals surface area contributed by atoms with E-state index in [1.54, 1.807) is 0 Å². The van der Waals surface area contributed by atoms with Crippen molar-refractivity contribution in [3.8, 4) is 0 Å². The van der Waals surface area contributed by atoms with Crippen LogP contribution in [0.25, 0.3) is 0 Å². The Morgan fingerprint density at radius 1 is 1.00 bits per heavy atom. The Kier molecular flexibility index (Phi) is 5.31. The lowest BCUT2D eigenvalue weighted by Crippen LogP contribution is -2.35. The summed E-state index contributed by atoms with van der Waals surface area (Å²) in [5.41, 5.74) is 1.22. The van der Waals surface area contributed by atoms with Crippen LogP contribution in [0.15, 0.2) is 30.3 Å². The molecule has 0 bridgehead atoms. The van der Waals surface area contributed by atoms with Gasteiger partial charge in [0.1, 0.15) is 0 Å². The fourth-order valence-electron chi connectivity index (χ4n) is 3.39. The highest BCUT2D eigenvalue weighted by atomic mass is 16.2. The second-order valence-corrected chi connectivity index (χ2v) is 6.71. The molecule has 1 aliphatic heterocycles. The molecule has 1 saturated heterocycles. The van der Waals surface area contributed by atoms with Gasteiger partial charge in [-0.2, -0.15) is 0 Å². The zero-order chi connectivity index (χ0) is 16.1. The number of amides is 2. The van der Waals surface area contributed by atoms with Crippen LogP contribution in [-0.4, -0.2) is 36.3 Å². The molecule has 4 nitrogen and oxygen atoms in total. The van der Waals surface area contributed by atoms with Crippen LogP contribution < -0.4 is 5.32 Å². The van der Waals surface area contributed by atoms with Gasteiger partial charge >= 0.3 is 0 Å². The first-order valence-corrected chi connectivity index (χ1v) is 8.86. The summed E-state index contributed by atoms with van der Waals surface area (Å²) < 4.78 is 0. The average molecular weight is 314 g/mol. The number of hydrogen-bond donors (Lipinski definition) is 1. The Morgan fingerprint density at radius 3 is 2.39 bits per heavy atom. The molecule has 2 aliphatic rings. The molecule has 23 heavy (non-hydrogen) atoms. The van der Waals surface area contributed by atoms with Crippen molar-refractivity contribution in [3.63, 3.8) is 0 Å². The van der Waals surface area contributed by atoms with Crippen molar-refractivity contribution in [1.29, 1.82) is 0 Å². The number of benzene rings is 1. The van der Waals surface area contributed by atoms with Crippen LogP contribution in [0.4, 0.5) is 0 Å². The number of likely N-dealkylation sites (tertiary alicyclic amines) is 1. The van der Waals surface area contributed by atoms with Crippen LogP contribution in [0.1, 0.15) is 37.7 Å². The van der Waals surface area contributed by atoms with E-state index in [0.717, 1.165) is 38.8 Å². The van der Waals surface area contributed by atoms with Gasteiger partial charge < -0.3 is 10.2 Å². The molecule has 1 aliphatic carbocycles. The highest BCUT2D eigenvalue weighted by Crippen LogP contribution is 2.40. The van der Waals surface area contributed by atoms with Gasteiger partial charge in [0, 0.05) is 19.6 Å². The number of nitrogens with one attached hydrogen (secondary N) is 1. The minimum absolute atomic E-state index is 0.0501. The van der Waals surface area contributed by atoms with Crippen LogP contribution in [0.2, 0.25) is 0 Å². The molecule has 1 saturated carbocycles. The summed E-state index contributed by atoms with van der Waals surface area (Å²) in [7, 11) is 0. The lowest BCUT2D eigenvalue weighted by molar-refractivity contribution is -0.134. The predicted octanol–water partition coefficient (Wildman–Crippen LogP) is 2.38. The molecule has 1 aromatic rings. The summed E-state index contributed by atoms with van der Waals surface area (Å²) in [5, 5.41) is 2.98. The van der Waals surface area contributed by atoms with Crippen molar-refractivity contribution in [2.45, 2.75) is 38.5 Å². The van der Waals surface area contributed by atoms with Gasteiger partial charge in [-0.15, -0.1) is 0 Å². The van der Waals surface area contributed by atoms with Crippen LogP contribution >= 0.6 is 0 Å². The van der Waals surface area contributed by atoms with Crippen molar-refractivity contribution in [1.82, 2.24) is 10.2 Å². The molecule has 1 aromatic carbocycles. The van der Waals surface area contributed by atoms with E-state index in [-0.39, 0.29) is 23.7 Å². The maximum absolute atomic E-state index is 12.5. The highest BCUT2D eigenvalue weighted by Gasteiger charge is 2.49. The third-order valence-electron chi connectivity index (χ3n) is 4.92. The Bertz CT molecular complexity index is 536. The van der Waals surface area contributed by atoms with Crippen LogP contribution in [0, 0.1) is 11.8 Å². The van der Waals surface area contributed by atoms with Crippen molar-refractivity contribution >= 4 is 11.8 Å². The van der Waals surface area contributed by atoms with E-state index < -0.39 is 0 Å². The quantitative estimate of drug-likeness (QED) is 0.907. The summed E-state index contributed by atoms with van der Waals surface area (Å²) >= 11 is 0. The Labute approximate surface area is 138 Å². The molecule has 1 N–H and O–H groups in total. The molecule has 1 heterocycles. The maximum atomic E-state index is 12.5. The summed E-state index contributed by atoms with van der Waals surface area (Å²) in [4.78, 5) is 26.6. The Hall–Kier alpha value is -1.84. The number of hydrogen-bond acceptors (Lipinski definition) is 2.